The van der Waals surface area contributed by atoms with Gasteiger partial charge in [0.2, 0.25) is 15.9 Å². The summed E-state index contributed by atoms with van der Waals surface area (Å²) in [4.78, 5) is 15.0. The number of hydrogen-bond acceptors (Lipinski definition) is 4. The third kappa shape index (κ3) is 4.09. The lowest BCUT2D eigenvalue weighted by molar-refractivity contribution is -0.118. The molecule has 2 aliphatic heterocycles. The van der Waals surface area contributed by atoms with Crippen molar-refractivity contribution in [1.29, 1.82) is 0 Å². The van der Waals surface area contributed by atoms with Crippen LogP contribution in [-0.4, -0.2) is 45.4 Å². The van der Waals surface area contributed by atoms with Crippen LogP contribution in [0.4, 0.5) is 5.69 Å². The SMILES string of the molecule is COc1ccc(S(=O)(=O)N2CCCCC2)cc1CCC(=O)N1CCc2ccccc21. The monoisotopic (exact) mass is 428 g/mol. The summed E-state index contributed by atoms with van der Waals surface area (Å²) in [5.41, 5.74) is 2.92. The average molecular weight is 429 g/mol. The van der Waals surface area contributed by atoms with Gasteiger partial charge in [-0.25, -0.2) is 8.42 Å². The van der Waals surface area contributed by atoms with E-state index in [9.17, 15) is 13.2 Å². The molecule has 30 heavy (non-hydrogen) atoms. The van der Waals surface area contributed by atoms with E-state index in [1.807, 2.05) is 23.1 Å². The second-order valence-electron chi connectivity index (χ2n) is 7.86. The van der Waals surface area contributed by atoms with E-state index in [-0.39, 0.29) is 10.8 Å². The summed E-state index contributed by atoms with van der Waals surface area (Å²) < 4.78 is 33.1. The van der Waals surface area contributed by atoms with Crippen LogP contribution in [0.3, 0.4) is 0 Å². The summed E-state index contributed by atoms with van der Waals surface area (Å²) in [6.45, 7) is 1.83. The summed E-state index contributed by atoms with van der Waals surface area (Å²) in [5, 5.41) is 0. The number of sulfonamides is 1. The first-order valence-corrected chi connectivity index (χ1v) is 12.0. The molecule has 0 atom stereocenters. The summed E-state index contributed by atoms with van der Waals surface area (Å²) >= 11 is 0. The molecule has 0 unspecified atom stereocenters. The first-order chi connectivity index (χ1) is 14.5. The zero-order valence-electron chi connectivity index (χ0n) is 17.3. The highest BCUT2D eigenvalue weighted by molar-refractivity contribution is 7.89. The number of hydrogen-bond donors (Lipinski definition) is 0. The number of aryl methyl sites for hydroxylation is 1. The van der Waals surface area contributed by atoms with Crippen molar-refractivity contribution in [1.82, 2.24) is 4.31 Å². The molecule has 1 fully saturated rings. The van der Waals surface area contributed by atoms with Gasteiger partial charge >= 0.3 is 0 Å². The van der Waals surface area contributed by atoms with Gasteiger partial charge in [0.1, 0.15) is 5.75 Å². The Labute approximate surface area is 178 Å². The zero-order chi connectivity index (χ0) is 21.1. The molecule has 0 N–H and O–H groups in total. The molecule has 2 heterocycles. The molecule has 6 nitrogen and oxygen atoms in total. The Balaban J connectivity index is 1.51. The number of para-hydroxylation sites is 1. The third-order valence-electron chi connectivity index (χ3n) is 6.00. The molecular weight excluding hydrogens is 400 g/mol. The van der Waals surface area contributed by atoms with Gasteiger partial charge in [0.15, 0.2) is 0 Å². The molecule has 2 aromatic carbocycles. The molecule has 7 heteroatoms. The molecule has 0 spiro atoms. The molecule has 1 amide bonds. The molecule has 0 aromatic heterocycles. The quantitative estimate of drug-likeness (QED) is 0.707. The fourth-order valence-corrected chi connectivity index (χ4v) is 5.91. The van der Waals surface area contributed by atoms with Crippen molar-refractivity contribution < 1.29 is 17.9 Å². The van der Waals surface area contributed by atoms with Gasteiger partial charge in [-0.15, -0.1) is 0 Å². The number of piperidine rings is 1. The average Bonchev–Trinajstić information content (AvgIpc) is 3.22. The largest absolute Gasteiger partial charge is 0.496 e. The summed E-state index contributed by atoms with van der Waals surface area (Å²) in [5.74, 6) is 0.661. The number of nitrogens with zero attached hydrogens (tertiary/aromatic N) is 2. The Bertz CT molecular complexity index is 1030. The van der Waals surface area contributed by atoms with E-state index in [0.29, 0.717) is 38.2 Å². The van der Waals surface area contributed by atoms with Crippen molar-refractivity contribution in [3.63, 3.8) is 0 Å². The number of anilines is 1. The highest BCUT2D eigenvalue weighted by Crippen LogP contribution is 2.30. The van der Waals surface area contributed by atoms with E-state index >= 15 is 0 Å². The molecule has 0 radical (unpaired) electrons. The predicted octanol–water partition coefficient (Wildman–Crippen LogP) is 3.39. The third-order valence-corrected chi connectivity index (χ3v) is 7.90. The number of benzene rings is 2. The normalized spacial score (nSPS) is 17.0. The molecule has 0 bridgehead atoms. The molecule has 1 saturated heterocycles. The van der Waals surface area contributed by atoms with Gasteiger partial charge in [-0.2, -0.15) is 4.31 Å². The Morgan fingerprint density at radius 2 is 1.80 bits per heavy atom. The number of methoxy groups -OCH3 is 1. The predicted molar refractivity (Wildman–Crippen MR) is 116 cm³/mol. The van der Waals surface area contributed by atoms with E-state index in [1.54, 1.807) is 29.6 Å². The lowest BCUT2D eigenvalue weighted by Crippen LogP contribution is -2.35. The topological polar surface area (TPSA) is 66.9 Å². The van der Waals surface area contributed by atoms with Crippen LogP contribution in [0.2, 0.25) is 0 Å². The van der Waals surface area contributed by atoms with E-state index in [0.717, 1.165) is 36.9 Å². The Morgan fingerprint density at radius 1 is 1.03 bits per heavy atom. The van der Waals surface area contributed by atoms with E-state index in [2.05, 4.69) is 6.07 Å². The van der Waals surface area contributed by atoms with Crippen LogP contribution in [-0.2, 0) is 27.7 Å². The van der Waals surface area contributed by atoms with Crippen LogP contribution in [0.5, 0.6) is 5.75 Å². The smallest absolute Gasteiger partial charge is 0.243 e. The fourth-order valence-electron chi connectivity index (χ4n) is 4.34. The maximum absolute atomic E-state index is 13.0. The van der Waals surface area contributed by atoms with Gasteiger partial charge in [-0.05, 0) is 61.1 Å². The number of amides is 1. The van der Waals surface area contributed by atoms with Crippen molar-refractivity contribution in [3.05, 3.63) is 53.6 Å². The van der Waals surface area contributed by atoms with E-state index in [4.69, 9.17) is 4.74 Å². The van der Waals surface area contributed by atoms with E-state index in [1.165, 1.54) is 5.56 Å². The van der Waals surface area contributed by atoms with Gasteiger partial charge in [-0.3, -0.25) is 4.79 Å². The Kier molecular flexibility index (Phi) is 6.11. The highest BCUT2D eigenvalue weighted by Gasteiger charge is 2.27. The van der Waals surface area contributed by atoms with Crippen LogP contribution in [0.1, 0.15) is 36.8 Å². The molecule has 0 saturated carbocycles. The molecule has 160 valence electrons. The molecule has 4 rings (SSSR count). The van der Waals surface area contributed by atoms with Gasteiger partial charge in [0.05, 0.1) is 12.0 Å². The molecule has 2 aromatic rings. The van der Waals surface area contributed by atoms with Crippen LogP contribution in [0, 0.1) is 0 Å². The van der Waals surface area contributed by atoms with Gasteiger partial charge < -0.3 is 9.64 Å². The lowest BCUT2D eigenvalue weighted by atomic mass is 10.1. The van der Waals surface area contributed by atoms with Crippen LogP contribution >= 0.6 is 0 Å². The zero-order valence-corrected chi connectivity index (χ0v) is 18.2. The second-order valence-corrected chi connectivity index (χ2v) is 9.80. The van der Waals surface area contributed by atoms with Crippen molar-refractivity contribution in [2.75, 3.05) is 31.6 Å². The minimum Gasteiger partial charge on any atom is -0.496 e. The standard InChI is InChI=1S/C23H28N2O4S/c1-29-22-11-10-20(30(27,28)24-14-5-2-6-15-24)17-19(22)9-12-23(26)25-16-13-18-7-3-4-8-21(18)25/h3-4,7-8,10-11,17H,2,5-6,9,12-16H2,1H3. The Morgan fingerprint density at radius 3 is 2.57 bits per heavy atom. The summed E-state index contributed by atoms with van der Waals surface area (Å²) in [7, 11) is -1.96. The minimum absolute atomic E-state index is 0.0475. The molecule has 0 aliphatic carbocycles. The van der Waals surface area contributed by atoms with E-state index < -0.39 is 10.0 Å². The van der Waals surface area contributed by atoms with Gasteiger partial charge in [0, 0.05) is 31.7 Å². The van der Waals surface area contributed by atoms with Gasteiger partial charge in [-0.1, -0.05) is 24.6 Å². The number of rotatable bonds is 6. The van der Waals surface area contributed by atoms with Crippen molar-refractivity contribution in [3.8, 4) is 5.75 Å². The minimum atomic E-state index is -3.52. The maximum atomic E-state index is 13.0. The number of ether oxygens (including phenoxy) is 1. The van der Waals surface area contributed by atoms with Crippen molar-refractivity contribution >= 4 is 21.6 Å². The number of carbonyl (C=O) groups excluding carboxylic acids is 1. The summed E-state index contributed by atoms with van der Waals surface area (Å²) in [6.07, 6.45) is 4.47. The summed E-state index contributed by atoms with van der Waals surface area (Å²) in [6, 6.07) is 12.9. The van der Waals surface area contributed by atoms with Crippen LogP contribution in [0.25, 0.3) is 0 Å². The Hall–Kier alpha value is -2.38. The molecule has 2 aliphatic rings. The van der Waals surface area contributed by atoms with Crippen molar-refractivity contribution in [2.24, 2.45) is 0 Å². The highest BCUT2D eigenvalue weighted by atomic mass is 32.2. The maximum Gasteiger partial charge on any atom is 0.243 e. The molecular formula is C23H28N2O4S. The second kappa shape index (κ2) is 8.78. The van der Waals surface area contributed by atoms with Gasteiger partial charge in [0.25, 0.3) is 0 Å². The number of fused-ring (bicyclic) bond motifs is 1. The number of carbonyl (C=O) groups is 1. The first-order valence-electron chi connectivity index (χ1n) is 10.6. The fraction of sp³-hybridized carbons (Fsp3) is 0.435. The van der Waals surface area contributed by atoms with Crippen molar-refractivity contribution in [2.45, 2.75) is 43.4 Å². The van der Waals surface area contributed by atoms with Crippen LogP contribution < -0.4 is 9.64 Å². The van der Waals surface area contributed by atoms with Crippen LogP contribution in [0.15, 0.2) is 47.4 Å². The first kappa shape index (κ1) is 20.9. The lowest BCUT2D eigenvalue weighted by Gasteiger charge is -2.26.